The summed E-state index contributed by atoms with van der Waals surface area (Å²) in [5.74, 6) is -1.47. The molecule has 132 valence electrons. The number of hydrogen-bond acceptors (Lipinski definition) is 5. The molecule has 1 aromatic heterocycles. The van der Waals surface area contributed by atoms with Crippen LogP contribution in [-0.2, 0) is 13.0 Å². The first kappa shape index (κ1) is 17.0. The molecule has 9 heteroatoms. The maximum absolute atomic E-state index is 13.3. The summed E-state index contributed by atoms with van der Waals surface area (Å²) in [6.07, 6.45) is 0.463. The molecule has 1 aromatic carbocycles. The van der Waals surface area contributed by atoms with E-state index in [1.54, 1.807) is 6.07 Å². The Balaban J connectivity index is 1.86. The van der Waals surface area contributed by atoms with Crippen molar-refractivity contribution in [3.05, 3.63) is 46.9 Å². The van der Waals surface area contributed by atoms with Gasteiger partial charge in [-0.2, -0.15) is 13.9 Å². The predicted octanol–water partition coefficient (Wildman–Crippen LogP) is 2.42. The number of alkyl halides is 2. The first-order valence-corrected chi connectivity index (χ1v) is 7.41. The molecule has 1 aliphatic heterocycles. The summed E-state index contributed by atoms with van der Waals surface area (Å²) in [5.41, 5.74) is 1.37. The van der Waals surface area contributed by atoms with E-state index >= 15 is 0 Å². The Morgan fingerprint density at radius 3 is 2.80 bits per heavy atom. The van der Waals surface area contributed by atoms with Gasteiger partial charge in [-0.15, -0.1) is 5.10 Å². The number of carbonyl (C=O) groups is 1. The second kappa shape index (κ2) is 6.96. The number of nitrogens with zero attached hydrogens (tertiary/aromatic N) is 3. The van der Waals surface area contributed by atoms with Crippen molar-refractivity contribution in [2.24, 2.45) is 0 Å². The fraction of sp³-hybridized carbons (Fsp3) is 0.312. The van der Waals surface area contributed by atoms with Crippen molar-refractivity contribution in [3.8, 4) is 11.6 Å². The number of benzene rings is 1. The molecule has 0 saturated carbocycles. The van der Waals surface area contributed by atoms with Gasteiger partial charge in [-0.25, -0.2) is 4.39 Å². The van der Waals surface area contributed by atoms with Crippen LogP contribution in [0.4, 0.5) is 13.2 Å². The second-order valence-electron chi connectivity index (χ2n) is 5.35. The van der Waals surface area contributed by atoms with Crippen LogP contribution in [0.2, 0.25) is 0 Å². The summed E-state index contributed by atoms with van der Waals surface area (Å²) in [4.78, 5) is 14.1. The van der Waals surface area contributed by atoms with Gasteiger partial charge in [0.25, 0.3) is 5.91 Å². The van der Waals surface area contributed by atoms with Gasteiger partial charge in [0.05, 0.1) is 18.4 Å². The van der Waals surface area contributed by atoms with Gasteiger partial charge >= 0.3 is 6.61 Å². The lowest BCUT2D eigenvalue weighted by Crippen LogP contribution is -2.36. The number of fused-ring (bicyclic) bond motifs is 1. The highest BCUT2D eigenvalue weighted by Crippen LogP contribution is 2.26. The summed E-state index contributed by atoms with van der Waals surface area (Å²) in [7, 11) is 1.45. The Bertz CT molecular complexity index is 801. The molecule has 0 unspecified atom stereocenters. The smallest absolute Gasteiger partial charge is 0.387 e. The van der Waals surface area contributed by atoms with E-state index in [0.717, 1.165) is 29.5 Å². The average molecular weight is 353 g/mol. The lowest BCUT2D eigenvalue weighted by molar-refractivity contribution is -0.0504. The Kier molecular flexibility index (Phi) is 4.73. The summed E-state index contributed by atoms with van der Waals surface area (Å²) < 4.78 is 47.6. The number of hydrogen-bond donors (Lipinski definition) is 0. The minimum Gasteiger partial charge on any atom is -0.480 e. The second-order valence-corrected chi connectivity index (χ2v) is 5.35. The van der Waals surface area contributed by atoms with Crippen molar-refractivity contribution < 1.29 is 27.4 Å². The van der Waals surface area contributed by atoms with E-state index < -0.39 is 24.1 Å². The predicted molar refractivity (Wildman–Crippen MR) is 80.1 cm³/mol. The monoisotopic (exact) mass is 353 g/mol. The van der Waals surface area contributed by atoms with Crippen molar-refractivity contribution >= 4 is 5.91 Å². The quantitative estimate of drug-likeness (QED) is 0.845. The van der Waals surface area contributed by atoms with Crippen molar-refractivity contribution in [1.29, 1.82) is 0 Å². The van der Waals surface area contributed by atoms with E-state index in [-0.39, 0.29) is 12.1 Å². The molecule has 1 amide bonds. The number of amides is 1. The fourth-order valence-electron chi connectivity index (χ4n) is 2.62. The highest BCUT2D eigenvalue weighted by atomic mass is 19.3. The molecule has 0 fully saturated rings. The van der Waals surface area contributed by atoms with E-state index in [1.165, 1.54) is 12.0 Å². The third kappa shape index (κ3) is 3.65. The Labute approximate surface area is 141 Å². The van der Waals surface area contributed by atoms with Gasteiger partial charge in [0.1, 0.15) is 11.6 Å². The van der Waals surface area contributed by atoms with Crippen LogP contribution in [0.15, 0.2) is 24.3 Å². The van der Waals surface area contributed by atoms with E-state index in [1.807, 2.05) is 0 Å². The number of halogens is 3. The highest BCUT2D eigenvalue weighted by molar-refractivity contribution is 5.97. The zero-order valence-electron chi connectivity index (χ0n) is 13.2. The first-order valence-electron chi connectivity index (χ1n) is 7.41. The largest absolute Gasteiger partial charge is 0.480 e. The minimum atomic E-state index is -3.16. The maximum atomic E-state index is 13.3. The SMILES string of the molecule is COc1cc2c(nn1)CCN(C(=O)c1ccc(F)cc1OC(F)F)C2. The molecular formula is C16H14F3N3O3. The maximum Gasteiger partial charge on any atom is 0.387 e. The van der Waals surface area contributed by atoms with Crippen molar-refractivity contribution in [2.75, 3.05) is 13.7 Å². The molecule has 1 aliphatic rings. The summed E-state index contributed by atoms with van der Waals surface area (Å²) >= 11 is 0. The number of rotatable bonds is 4. The standard InChI is InChI=1S/C16H14F3N3O3/c1-24-14-6-9-8-22(5-4-12(9)20-21-14)15(23)11-3-2-10(17)7-13(11)25-16(18)19/h2-3,6-7,16H,4-5,8H2,1H3. The molecule has 0 N–H and O–H groups in total. The van der Waals surface area contributed by atoms with Gasteiger partial charge < -0.3 is 14.4 Å². The molecule has 0 spiro atoms. The van der Waals surface area contributed by atoms with Crippen LogP contribution < -0.4 is 9.47 Å². The van der Waals surface area contributed by atoms with Crippen LogP contribution in [0.3, 0.4) is 0 Å². The topological polar surface area (TPSA) is 64.6 Å². The Morgan fingerprint density at radius 1 is 1.28 bits per heavy atom. The van der Waals surface area contributed by atoms with Crippen LogP contribution in [0.25, 0.3) is 0 Å². The van der Waals surface area contributed by atoms with Crippen molar-refractivity contribution in [3.63, 3.8) is 0 Å². The lowest BCUT2D eigenvalue weighted by Gasteiger charge is -2.28. The molecule has 25 heavy (non-hydrogen) atoms. The lowest BCUT2D eigenvalue weighted by atomic mass is 10.0. The van der Waals surface area contributed by atoms with E-state index in [0.29, 0.717) is 18.8 Å². The zero-order valence-corrected chi connectivity index (χ0v) is 13.2. The van der Waals surface area contributed by atoms with Crippen LogP contribution in [0.5, 0.6) is 11.6 Å². The van der Waals surface area contributed by atoms with E-state index in [2.05, 4.69) is 14.9 Å². The van der Waals surface area contributed by atoms with Crippen molar-refractivity contribution in [1.82, 2.24) is 15.1 Å². The van der Waals surface area contributed by atoms with E-state index in [4.69, 9.17) is 4.74 Å². The highest BCUT2D eigenvalue weighted by Gasteiger charge is 2.26. The molecular weight excluding hydrogens is 339 g/mol. The number of methoxy groups -OCH3 is 1. The molecule has 6 nitrogen and oxygen atoms in total. The van der Waals surface area contributed by atoms with Crippen molar-refractivity contribution in [2.45, 2.75) is 19.6 Å². The zero-order chi connectivity index (χ0) is 18.0. The van der Waals surface area contributed by atoms with Gasteiger partial charge in [-0.1, -0.05) is 0 Å². The molecule has 2 aromatic rings. The van der Waals surface area contributed by atoms with Gasteiger partial charge in [0.15, 0.2) is 0 Å². The summed E-state index contributed by atoms with van der Waals surface area (Å²) in [6, 6.07) is 4.60. The van der Waals surface area contributed by atoms with Crippen LogP contribution in [0.1, 0.15) is 21.6 Å². The van der Waals surface area contributed by atoms with Crippen LogP contribution in [-0.4, -0.2) is 41.3 Å². The van der Waals surface area contributed by atoms with Crippen LogP contribution in [0, 0.1) is 5.82 Å². The van der Waals surface area contributed by atoms with Crippen LogP contribution >= 0.6 is 0 Å². The number of aromatic nitrogens is 2. The summed E-state index contributed by atoms with van der Waals surface area (Å²) in [5, 5.41) is 7.91. The van der Waals surface area contributed by atoms with Gasteiger partial charge in [-0.05, 0) is 12.1 Å². The van der Waals surface area contributed by atoms with Gasteiger partial charge in [0, 0.05) is 37.2 Å². The normalized spacial score (nSPS) is 13.6. The Morgan fingerprint density at radius 2 is 2.08 bits per heavy atom. The van der Waals surface area contributed by atoms with Gasteiger partial charge in [0.2, 0.25) is 5.88 Å². The molecule has 2 heterocycles. The first-order chi connectivity index (χ1) is 12.0. The Hall–Kier alpha value is -2.84. The molecule has 0 bridgehead atoms. The van der Waals surface area contributed by atoms with Gasteiger partial charge in [-0.3, -0.25) is 4.79 Å². The summed E-state index contributed by atoms with van der Waals surface area (Å²) in [6.45, 7) is -2.61. The number of ether oxygens (including phenoxy) is 2. The fourth-order valence-corrected chi connectivity index (χ4v) is 2.62. The molecule has 0 atom stereocenters. The minimum absolute atomic E-state index is 0.126. The third-order valence-electron chi connectivity index (χ3n) is 3.80. The third-order valence-corrected chi connectivity index (χ3v) is 3.80. The molecule has 0 saturated heterocycles. The molecule has 0 radical (unpaired) electrons. The van der Waals surface area contributed by atoms with E-state index in [9.17, 15) is 18.0 Å². The molecule has 3 rings (SSSR count). The molecule has 0 aliphatic carbocycles. The average Bonchev–Trinajstić information content (AvgIpc) is 2.59. The number of carbonyl (C=O) groups excluding carboxylic acids is 1.